The van der Waals surface area contributed by atoms with Gasteiger partial charge < -0.3 is 0 Å². The van der Waals surface area contributed by atoms with Gasteiger partial charge in [0.15, 0.2) is 0 Å². The Bertz CT molecular complexity index is 1120. The van der Waals surface area contributed by atoms with E-state index in [0.717, 1.165) is 0 Å². The standard InChI is InChI=1S/C40H56P2/c1-5-9-33-41(34-10-6-2,35-11-7-3,36-12-8-4)42(37-25-17-13-18-26-37,38-27-19-14-20-28-38,39-29-21-15-22-30-39)40-31-23-16-24-32-40/h13-32H,5-12,33-36H2,1-4H3. The van der Waals surface area contributed by atoms with Gasteiger partial charge in [0.05, 0.1) is 0 Å². The van der Waals surface area contributed by atoms with E-state index in [-0.39, 0.29) is 0 Å². The molecule has 2 heteroatoms. The Morgan fingerprint density at radius 2 is 0.548 bits per heavy atom. The molecule has 42 heavy (non-hydrogen) atoms. The van der Waals surface area contributed by atoms with Gasteiger partial charge >= 0.3 is 259 Å². The second-order valence-electron chi connectivity index (χ2n) is 12.6. The molecule has 0 atom stereocenters. The van der Waals surface area contributed by atoms with Crippen LogP contribution in [0.5, 0.6) is 0 Å². The van der Waals surface area contributed by atoms with Crippen LogP contribution in [-0.2, 0) is 0 Å². The second kappa shape index (κ2) is 14.5. The summed E-state index contributed by atoms with van der Waals surface area (Å²) in [6.45, 7) is 9.71. The van der Waals surface area contributed by atoms with Crippen LogP contribution in [0.3, 0.4) is 0 Å². The third kappa shape index (κ3) is 4.92. The summed E-state index contributed by atoms with van der Waals surface area (Å²) in [6.07, 6.45) is 9.69. The Labute approximate surface area is 258 Å². The molecule has 0 fully saturated rings. The molecule has 0 amide bonds. The normalized spacial score (nSPS) is 14.0. The maximum absolute atomic E-state index is 3.36. The Hall–Kier alpha value is -2.26. The zero-order chi connectivity index (χ0) is 29.8. The van der Waals surface area contributed by atoms with Gasteiger partial charge in [-0.15, -0.1) is 0 Å². The van der Waals surface area contributed by atoms with Gasteiger partial charge in [-0.2, -0.15) is 0 Å². The summed E-state index contributed by atoms with van der Waals surface area (Å²) < 4.78 is 0. The molecule has 0 N–H and O–H groups in total. The number of hydrogen-bond donors (Lipinski definition) is 0. The fourth-order valence-electron chi connectivity index (χ4n) is 8.80. The Balaban J connectivity index is 2.50. The number of hydrogen-bond acceptors (Lipinski definition) is 0. The summed E-state index contributed by atoms with van der Waals surface area (Å²) in [7, 11) is 0. The zero-order valence-electron chi connectivity index (χ0n) is 26.9. The van der Waals surface area contributed by atoms with Crippen molar-refractivity contribution in [3.05, 3.63) is 121 Å². The molecular formula is C40H56P2. The van der Waals surface area contributed by atoms with Crippen molar-refractivity contribution >= 4 is 33.8 Å². The van der Waals surface area contributed by atoms with Crippen molar-refractivity contribution in [2.24, 2.45) is 0 Å². The van der Waals surface area contributed by atoms with Crippen molar-refractivity contribution in [2.45, 2.75) is 79.1 Å². The van der Waals surface area contributed by atoms with E-state index in [2.05, 4.69) is 149 Å². The summed E-state index contributed by atoms with van der Waals surface area (Å²) in [4.78, 5) is 0. The molecule has 0 bridgehead atoms. The van der Waals surface area contributed by atoms with E-state index < -0.39 is 12.6 Å². The molecule has 0 heterocycles. The van der Waals surface area contributed by atoms with Gasteiger partial charge in [-0.1, -0.05) is 0 Å². The van der Waals surface area contributed by atoms with E-state index in [1.54, 1.807) is 21.2 Å². The molecule has 4 aromatic rings. The van der Waals surface area contributed by atoms with Crippen molar-refractivity contribution in [3.63, 3.8) is 0 Å². The molecule has 0 aromatic heterocycles. The molecule has 0 nitrogen and oxygen atoms in total. The van der Waals surface area contributed by atoms with Crippen LogP contribution in [-0.4, -0.2) is 24.6 Å². The molecule has 0 saturated heterocycles. The fourth-order valence-corrected chi connectivity index (χ4v) is 39.6. The second-order valence-corrected chi connectivity index (χ2v) is 28.2. The van der Waals surface area contributed by atoms with Crippen molar-refractivity contribution < 1.29 is 0 Å². The number of benzene rings is 4. The monoisotopic (exact) mass is 598 g/mol. The van der Waals surface area contributed by atoms with Crippen LogP contribution in [0.2, 0.25) is 0 Å². The zero-order valence-corrected chi connectivity index (χ0v) is 28.7. The van der Waals surface area contributed by atoms with Gasteiger partial charge in [0, 0.05) is 0 Å². The van der Waals surface area contributed by atoms with Crippen molar-refractivity contribution in [2.75, 3.05) is 24.6 Å². The third-order valence-electron chi connectivity index (χ3n) is 10.5. The van der Waals surface area contributed by atoms with E-state index in [1.807, 2.05) is 0 Å². The van der Waals surface area contributed by atoms with E-state index in [4.69, 9.17) is 0 Å². The molecule has 0 aliphatic heterocycles. The van der Waals surface area contributed by atoms with E-state index in [1.165, 1.54) is 76.0 Å². The summed E-state index contributed by atoms with van der Waals surface area (Å²) in [5, 5.41) is 6.40. The summed E-state index contributed by atoms with van der Waals surface area (Å²) >= 11 is 0. The fraction of sp³-hybridized carbons (Fsp3) is 0.400. The predicted octanol–water partition coefficient (Wildman–Crippen LogP) is 10.5. The van der Waals surface area contributed by atoms with Crippen LogP contribution in [0.1, 0.15) is 79.1 Å². The van der Waals surface area contributed by atoms with Crippen LogP contribution < -0.4 is 21.2 Å². The summed E-state index contributed by atoms with van der Waals surface area (Å²) in [5.74, 6) is 0. The van der Waals surface area contributed by atoms with Gasteiger partial charge in [0.2, 0.25) is 0 Å². The average molecular weight is 599 g/mol. The van der Waals surface area contributed by atoms with E-state index in [9.17, 15) is 0 Å². The van der Waals surface area contributed by atoms with Gasteiger partial charge in [0.25, 0.3) is 0 Å². The first kappa shape index (κ1) is 32.6. The topological polar surface area (TPSA) is 0 Å². The van der Waals surface area contributed by atoms with E-state index >= 15 is 0 Å². The molecule has 0 saturated carbocycles. The molecule has 4 rings (SSSR count). The predicted molar refractivity (Wildman–Crippen MR) is 197 cm³/mol. The minimum absolute atomic E-state index is 1.25. The first-order valence-electron chi connectivity index (χ1n) is 16.8. The van der Waals surface area contributed by atoms with Crippen LogP contribution >= 0.6 is 12.6 Å². The van der Waals surface area contributed by atoms with Gasteiger partial charge in [-0.3, -0.25) is 0 Å². The van der Waals surface area contributed by atoms with Crippen LogP contribution in [0.15, 0.2) is 121 Å². The van der Waals surface area contributed by atoms with Gasteiger partial charge in [-0.05, 0) is 0 Å². The number of rotatable bonds is 17. The van der Waals surface area contributed by atoms with Crippen molar-refractivity contribution in [3.8, 4) is 0 Å². The molecule has 0 aliphatic carbocycles. The van der Waals surface area contributed by atoms with E-state index in [0.29, 0.717) is 0 Å². The molecule has 226 valence electrons. The Kier molecular flexibility index (Phi) is 11.3. The van der Waals surface area contributed by atoms with Crippen molar-refractivity contribution in [1.82, 2.24) is 0 Å². The Morgan fingerprint density at radius 3 is 0.738 bits per heavy atom. The van der Waals surface area contributed by atoms with Crippen LogP contribution in [0.25, 0.3) is 0 Å². The van der Waals surface area contributed by atoms with Crippen LogP contribution in [0, 0.1) is 0 Å². The van der Waals surface area contributed by atoms with Gasteiger partial charge in [-0.25, -0.2) is 0 Å². The molecular weight excluding hydrogens is 542 g/mol. The first-order chi connectivity index (χ1) is 20.6. The van der Waals surface area contributed by atoms with Crippen molar-refractivity contribution in [1.29, 1.82) is 0 Å². The summed E-state index contributed by atoms with van der Waals surface area (Å²) in [6, 6.07) is 48.2. The molecule has 4 aromatic carbocycles. The molecule has 0 unspecified atom stereocenters. The molecule has 0 radical (unpaired) electrons. The summed E-state index contributed by atoms with van der Waals surface area (Å²) in [5.41, 5.74) is 0. The minimum atomic E-state index is -3.36. The third-order valence-corrected chi connectivity index (χ3v) is 35.8. The number of unbranched alkanes of at least 4 members (excludes halogenated alkanes) is 4. The average Bonchev–Trinajstić information content (AvgIpc) is 3.07. The quantitative estimate of drug-likeness (QED) is 0.106. The first-order valence-corrected chi connectivity index (χ1v) is 22.7. The maximum atomic E-state index is 2.56. The van der Waals surface area contributed by atoms with Gasteiger partial charge in [0.1, 0.15) is 0 Å². The SMILES string of the molecule is CCCCP(CCCC)(CCCC)(CCCC)P(c1ccccc1)(c1ccccc1)(c1ccccc1)c1ccccc1. The Morgan fingerprint density at radius 1 is 0.333 bits per heavy atom. The van der Waals surface area contributed by atoms with Crippen LogP contribution in [0.4, 0.5) is 0 Å². The molecule has 0 aliphatic rings. The molecule has 0 spiro atoms.